The van der Waals surface area contributed by atoms with E-state index >= 15 is 0 Å². The van der Waals surface area contributed by atoms with E-state index in [1.54, 1.807) is 18.3 Å². The van der Waals surface area contributed by atoms with Crippen LogP contribution >= 0.6 is 0 Å². The number of carbonyl (C=O) groups excluding carboxylic acids is 1. The van der Waals surface area contributed by atoms with Gasteiger partial charge in [0.25, 0.3) is 0 Å². The summed E-state index contributed by atoms with van der Waals surface area (Å²) in [7, 11) is 0. The zero-order valence-corrected chi connectivity index (χ0v) is 10.6. The molecule has 0 saturated heterocycles. The smallest absolute Gasteiger partial charge is 0.315 e. The first-order chi connectivity index (χ1) is 9.66. The number of aliphatic hydroxyl groups is 1. The topological polar surface area (TPSA) is 90.0 Å². The first-order valence-corrected chi connectivity index (χ1v) is 6.09. The van der Waals surface area contributed by atoms with Gasteiger partial charge in [0.1, 0.15) is 5.82 Å². The predicted octanol–water partition coefficient (Wildman–Crippen LogP) is 1.08. The Morgan fingerprint density at radius 1 is 1.35 bits per heavy atom. The summed E-state index contributed by atoms with van der Waals surface area (Å²) in [6.45, 7) is 0.220. The van der Waals surface area contributed by atoms with Gasteiger partial charge in [0.15, 0.2) is 0 Å². The monoisotopic (exact) mass is 278 g/mol. The second-order valence-corrected chi connectivity index (χ2v) is 4.18. The van der Waals surface area contributed by atoms with E-state index in [1.807, 2.05) is 0 Å². The minimum absolute atomic E-state index is 0.0737. The third-order valence-electron chi connectivity index (χ3n) is 2.72. The molecule has 7 heteroatoms. The van der Waals surface area contributed by atoms with Crippen LogP contribution in [0.2, 0.25) is 0 Å². The van der Waals surface area contributed by atoms with E-state index in [0.717, 1.165) is 5.69 Å². The van der Waals surface area contributed by atoms with Crippen LogP contribution in [0, 0.1) is 5.82 Å². The van der Waals surface area contributed by atoms with Crippen LogP contribution in [0.3, 0.4) is 0 Å². The number of aromatic amines is 1. The quantitative estimate of drug-likeness (QED) is 0.659. The summed E-state index contributed by atoms with van der Waals surface area (Å²) in [6, 6.07) is 7.18. The molecule has 0 aliphatic rings. The van der Waals surface area contributed by atoms with Crippen molar-refractivity contribution in [3.63, 3.8) is 0 Å². The molecule has 0 bridgehead atoms. The van der Waals surface area contributed by atoms with Gasteiger partial charge in [-0.2, -0.15) is 5.10 Å². The fraction of sp³-hybridized carbons (Fsp3) is 0.231. The van der Waals surface area contributed by atoms with Gasteiger partial charge in [0, 0.05) is 18.3 Å². The highest BCUT2D eigenvalue weighted by Crippen LogP contribution is 2.15. The Hall–Kier alpha value is -2.41. The van der Waals surface area contributed by atoms with E-state index in [-0.39, 0.29) is 12.1 Å². The number of hydrogen-bond donors (Lipinski definition) is 4. The molecule has 1 atom stereocenters. The van der Waals surface area contributed by atoms with Crippen molar-refractivity contribution in [2.24, 2.45) is 0 Å². The normalized spacial score (nSPS) is 11.9. The highest BCUT2D eigenvalue weighted by atomic mass is 19.1. The lowest BCUT2D eigenvalue weighted by Crippen LogP contribution is -2.37. The molecule has 0 radical (unpaired) electrons. The van der Waals surface area contributed by atoms with Crippen LogP contribution in [0.4, 0.5) is 9.18 Å². The number of aliphatic hydroxyl groups excluding tert-OH is 1. The second-order valence-electron chi connectivity index (χ2n) is 4.18. The van der Waals surface area contributed by atoms with E-state index < -0.39 is 18.0 Å². The van der Waals surface area contributed by atoms with Crippen LogP contribution in [0.25, 0.3) is 0 Å². The van der Waals surface area contributed by atoms with Crippen molar-refractivity contribution in [2.75, 3.05) is 6.54 Å². The summed E-state index contributed by atoms with van der Waals surface area (Å²) in [4.78, 5) is 11.5. The number of aromatic nitrogens is 2. The standard InChI is InChI=1S/C13H15FN4O2/c14-11-4-2-1-3-10(11)12(19)8-16-13(20)15-7-9-5-6-17-18-9/h1-6,12,19H,7-8H2,(H,17,18)(H2,15,16,20)/t12-/m0/s1. The summed E-state index contributed by atoms with van der Waals surface area (Å²) in [6.07, 6.45) is 0.491. The third-order valence-corrected chi connectivity index (χ3v) is 2.72. The molecule has 0 fully saturated rings. The van der Waals surface area contributed by atoms with Crippen LogP contribution in [0.15, 0.2) is 36.5 Å². The Balaban J connectivity index is 1.77. The molecule has 1 aromatic heterocycles. The lowest BCUT2D eigenvalue weighted by Gasteiger charge is -2.13. The second kappa shape index (κ2) is 6.67. The number of H-pyrrole nitrogens is 1. The first kappa shape index (κ1) is 14.0. The fourth-order valence-electron chi connectivity index (χ4n) is 1.67. The third kappa shape index (κ3) is 3.79. The van der Waals surface area contributed by atoms with Crippen LogP contribution in [0.1, 0.15) is 17.4 Å². The van der Waals surface area contributed by atoms with Gasteiger partial charge < -0.3 is 15.7 Å². The van der Waals surface area contributed by atoms with Crippen molar-refractivity contribution >= 4 is 6.03 Å². The Bertz CT molecular complexity index is 559. The Labute approximate surface area is 115 Å². The van der Waals surface area contributed by atoms with Gasteiger partial charge in [-0.15, -0.1) is 0 Å². The molecular formula is C13H15FN4O2. The molecule has 4 N–H and O–H groups in total. The van der Waals surface area contributed by atoms with Crippen LogP contribution in [0.5, 0.6) is 0 Å². The average molecular weight is 278 g/mol. The lowest BCUT2D eigenvalue weighted by atomic mass is 10.1. The number of carbonyl (C=O) groups is 1. The maximum Gasteiger partial charge on any atom is 0.315 e. The van der Waals surface area contributed by atoms with E-state index in [2.05, 4.69) is 20.8 Å². The molecule has 0 aliphatic heterocycles. The van der Waals surface area contributed by atoms with Crippen molar-refractivity contribution < 1.29 is 14.3 Å². The SMILES string of the molecule is O=C(NCc1ccn[nH]1)NC[C@H](O)c1ccccc1F. The Morgan fingerprint density at radius 2 is 2.15 bits per heavy atom. The number of rotatable bonds is 5. The highest BCUT2D eigenvalue weighted by Gasteiger charge is 2.13. The van der Waals surface area contributed by atoms with Crippen molar-refractivity contribution in [1.82, 2.24) is 20.8 Å². The summed E-state index contributed by atoms with van der Waals surface area (Å²) >= 11 is 0. The number of benzene rings is 1. The van der Waals surface area contributed by atoms with E-state index in [0.29, 0.717) is 6.54 Å². The molecule has 0 saturated carbocycles. The van der Waals surface area contributed by atoms with Gasteiger partial charge in [0.05, 0.1) is 18.3 Å². The summed E-state index contributed by atoms with van der Waals surface area (Å²) in [5.41, 5.74) is 0.913. The Kier molecular flexibility index (Phi) is 4.67. The molecule has 106 valence electrons. The van der Waals surface area contributed by atoms with Crippen LogP contribution in [-0.2, 0) is 6.54 Å². The summed E-state index contributed by atoms with van der Waals surface area (Å²) in [5, 5.41) is 21.3. The van der Waals surface area contributed by atoms with Crippen LogP contribution < -0.4 is 10.6 Å². The Morgan fingerprint density at radius 3 is 2.85 bits per heavy atom. The maximum atomic E-state index is 13.4. The zero-order chi connectivity index (χ0) is 14.4. The van der Waals surface area contributed by atoms with Crippen molar-refractivity contribution in [3.05, 3.63) is 53.6 Å². The van der Waals surface area contributed by atoms with Gasteiger partial charge in [-0.05, 0) is 12.1 Å². The number of urea groups is 1. The molecule has 2 amide bonds. The molecule has 1 aromatic carbocycles. The molecule has 2 rings (SSSR count). The van der Waals surface area contributed by atoms with Gasteiger partial charge in [0.2, 0.25) is 0 Å². The molecule has 0 aliphatic carbocycles. The van der Waals surface area contributed by atoms with Gasteiger partial charge in [-0.3, -0.25) is 5.10 Å². The minimum Gasteiger partial charge on any atom is -0.386 e. The summed E-state index contributed by atoms with van der Waals surface area (Å²) < 4.78 is 13.4. The highest BCUT2D eigenvalue weighted by molar-refractivity contribution is 5.73. The zero-order valence-electron chi connectivity index (χ0n) is 10.6. The molecule has 6 nitrogen and oxygen atoms in total. The molecule has 0 unspecified atom stereocenters. The van der Waals surface area contributed by atoms with Gasteiger partial charge >= 0.3 is 6.03 Å². The number of nitrogens with one attached hydrogen (secondary N) is 3. The van der Waals surface area contributed by atoms with Gasteiger partial charge in [-0.25, -0.2) is 9.18 Å². The molecule has 20 heavy (non-hydrogen) atoms. The van der Waals surface area contributed by atoms with Gasteiger partial charge in [-0.1, -0.05) is 18.2 Å². The lowest BCUT2D eigenvalue weighted by molar-refractivity contribution is 0.169. The van der Waals surface area contributed by atoms with E-state index in [1.165, 1.54) is 18.2 Å². The predicted molar refractivity (Wildman–Crippen MR) is 70.2 cm³/mol. The van der Waals surface area contributed by atoms with Crippen molar-refractivity contribution in [2.45, 2.75) is 12.6 Å². The maximum absolute atomic E-state index is 13.4. The molecule has 1 heterocycles. The average Bonchev–Trinajstić information content (AvgIpc) is 2.96. The first-order valence-electron chi connectivity index (χ1n) is 6.09. The fourth-order valence-corrected chi connectivity index (χ4v) is 1.67. The molecule has 2 aromatic rings. The van der Waals surface area contributed by atoms with E-state index in [9.17, 15) is 14.3 Å². The van der Waals surface area contributed by atoms with Crippen LogP contribution in [-0.4, -0.2) is 27.9 Å². The molecular weight excluding hydrogens is 263 g/mol. The van der Waals surface area contributed by atoms with Crippen molar-refractivity contribution in [1.29, 1.82) is 0 Å². The van der Waals surface area contributed by atoms with E-state index in [4.69, 9.17) is 0 Å². The minimum atomic E-state index is -1.09. The molecule has 0 spiro atoms. The van der Waals surface area contributed by atoms with Crippen molar-refractivity contribution in [3.8, 4) is 0 Å². The summed E-state index contributed by atoms with van der Waals surface area (Å²) in [5.74, 6) is -0.500. The number of hydrogen-bond acceptors (Lipinski definition) is 3. The number of amides is 2. The number of nitrogens with zero attached hydrogens (tertiary/aromatic N) is 1. The number of halogens is 1. The largest absolute Gasteiger partial charge is 0.386 e.